The molecule has 1 aromatic heterocycles. The first-order valence-electron chi connectivity index (χ1n) is 8.63. The van der Waals surface area contributed by atoms with Crippen molar-refractivity contribution in [2.45, 2.75) is 38.1 Å². The van der Waals surface area contributed by atoms with Crippen molar-refractivity contribution in [2.24, 2.45) is 0 Å². The summed E-state index contributed by atoms with van der Waals surface area (Å²) < 4.78 is 41.3. The zero-order valence-electron chi connectivity index (χ0n) is 14.6. The molecule has 0 unspecified atom stereocenters. The molecule has 2 amide bonds. The molecule has 0 spiro atoms. The molecule has 27 heavy (non-hydrogen) atoms. The maximum Gasteiger partial charge on any atom is 0.422 e. The molecule has 1 aromatic carbocycles. The van der Waals surface area contributed by atoms with Crippen molar-refractivity contribution < 1.29 is 22.7 Å². The van der Waals surface area contributed by atoms with Gasteiger partial charge in [0.1, 0.15) is 0 Å². The Kier molecular flexibility index (Phi) is 5.83. The van der Waals surface area contributed by atoms with E-state index in [1.807, 2.05) is 30.3 Å². The number of nitrogens with zero attached hydrogens (tertiary/aromatic N) is 2. The minimum atomic E-state index is -4.42. The molecule has 0 aliphatic heterocycles. The van der Waals surface area contributed by atoms with Crippen molar-refractivity contribution in [1.82, 2.24) is 15.2 Å². The highest BCUT2D eigenvalue weighted by atomic mass is 19.4. The molecular formula is C19H20F3N3O2. The fourth-order valence-electron chi connectivity index (χ4n) is 2.61. The number of alkyl halides is 3. The quantitative estimate of drug-likeness (QED) is 0.794. The van der Waals surface area contributed by atoms with Gasteiger partial charge >= 0.3 is 12.2 Å². The summed E-state index contributed by atoms with van der Waals surface area (Å²) in [6.07, 6.45) is -1.11. The smallest absolute Gasteiger partial charge is 0.422 e. The second-order valence-electron chi connectivity index (χ2n) is 6.41. The van der Waals surface area contributed by atoms with E-state index in [0.717, 1.165) is 18.4 Å². The maximum absolute atomic E-state index is 12.6. The fourth-order valence-corrected chi connectivity index (χ4v) is 2.61. The lowest BCUT2D eigenvalue weighted by Gasteiger charge is -2.23. The van der Waals surface area contributed by atoms with Gasteiger partial charge in [-0.05, 0) is 30.0 Å². The molecule has 1 fully saturated rings. The highest BCUT2D eigenvalue weighted by Crippen LogP contribution is 2.28. The van der Waals surface area contributed by atoms with E-state index >= 15 is 0 Å². The van der Waals surface area contributed by atoms with E-state index in [-0.39, 0.29) is 24.5 Å². The first kappa shape index (κ1) is 19.0. The van der Waals surface area contributed by atoms with Gasteiger partial charge < -0.3 is 15.0 Å². The normalized spacial score (nSPS) is 13.9. The molecule has 8 heteroatoms. The van der Waals surface area contributed by atoms with Crippen LogP contribution in [-0.4, -0.2) is 34.7 Å². The maximum atomic E-state index is 12.6. The van der Waals surface area contributed by atoms with E-state index < -0.39 is 12.8 Å². The highest BCUT2D eigenvalue weighted by Gasteiger charge is 2.32. The molecule has 0 atom stereocenters. The Labute approximate surface area is 155 Å². The van der Waals surface area contributed by atoms with E-state index in [9.17, 15) is 18.0 Å². The number of carbonyl (C=O) groups excluding carboxylic acids is 1. The van der Waals surface area contributed by atoms with Crippen molar-refractivity contribution >= 4 is 6.03 Å². The van der Waals surface area contributed by atoms with E-state index in [4.69, 9.17) is 0 Å². The minimum absolute atomic E-state index is 0.123. The SMILES string of the molecule is O=C(NCc1ccnc(OCC(F)(F)F)c1)N(Cc1ccccc1)C1CC1. The van der Waals surface area contributed by atoms with Crippen LogP contribution in [0, 0.1) is 0 Å². The Morgan fingerprint density at radius 1 is 1.19 bits per heavy atom. The first-order chi connectivity index (χ1) is 12.9. The number of urea groups is 1. The Balaban J connectivity index is 1.56. The number of pyridine rings is 1. The van der Waals surface area contributed by atoms with Crippen LogP contribution in [0.25, 0.3) is 0 Å². The van der Waals surface area contributed by atoms with Crippen molar-refractivity contribution in [1.29, 1.82) is 0 Å². The second-order valence-corrected chi connectivity index (χ2v) is 6.41. The fraction of sp³-hybridized carbons (Fsp3) is 0.368. The number of hydrogen-bond acceptors (Lipinski definition) is 3. The molecule has 1 aliphatic rings. The third kappa shape index (κ3) is 6.16. The molecule has 0 saturated heterocycles. The van der Waals surface area contributed by atoms with E-state index in [2.05, 4.69) is 15.0 Å². The van der Waals surface area contributed by atoms with Gasteiger partial charge in [-0.25, -0.2) is 9.78 Å². The van der Waals surface area contributed by atoms with Crippen molar-refractivity contribution in [3.05, 3.63) is 59.8 Å². The summed E-state index contributed by atoms with van der Waals surface area (Å²) in [7, 11) is 0. The van der Waals surface area contributed by atoms with Crippen LogP contribution in [0.5, 0.6) is 5.88 Å². The van der Waals surface area contributed by atoms with Crippen LogP contribution >= 0.6 is 0 Å². The number of rotatable bonds is 7. The van der Waals surface area contributed by atoms with Gasteiger partial charge in [0.05, 0.1) is 0 Å². The van der Waals surface area contributed by atoms with Crippen LogP contribution in [0.2, 0.25) is 0 Å². The first-order valence-corrected chi connectivity index (χ1v) is 8.63. The summed E-state index contributed by atoms with van der Waals surface area (Å²) in [5.74, 6) is -0.123. The number of carbonyl (C=O) groups is 1. The zero-order chi connectivity index (χ0) is 19.3. The van der Waals surface area contributed by atoms with Crippen LogP contribution in [0.15, 0.2) is 48.7 Å². The standard InChI is InChI=1S/C19H20F3N3O2/c20-19(21,22)13-27-17-10-15(8-9-23-17)11-24-18(26)25(16-6-7-16)12-14-4-2-1-3-5-14/h1-5,8-10,16H,6-7,11-13H2,(H,24,26). The van der Waals surface area contributed by atoms with Crippen LogP contribution in [0.1, 0.15) is 24.0 Å². The van der Waals surface area contributed by atoms with Gasteiger partial charge in [0.25, 0.3) is 0 Å². The summed E-state index contributed by atoms with van der Waals surface area (Å²) in [6.45, 7) is -0.697. The summed E-state index contributed by atoms with van der Waals surface area (Å²) in [6, 6.07) is 12.8. The Bertz CT molecular complexity index is 764. The number of aromatic nitrogens is 1. The number of amides is 2. The number of hydrogen-bond donors (Lipinski definition) is 1. The van der Waals surface area contributed by atoms with Gasteiger partial charge in [-0.2, -0.15) is 13.2 Å². The zero-order valence-corrected chi connectivity index (χ0v) is 14.6. The minimum Gasteiger partial charge on any atom is -0.468 e. The number of benzene rings is 1. The molecular weight excluding hydrogens is 359 g/mol. The average molecular weight is 379 g/mol. The van der Waals surface area contributed by atoms with Gasteiger partial charge in [0.15, 0.2) is 6.61 Å². The molecule has 1 N–H and O–H groups in total. The molecule has 1 heterocycles. The largest absolute Gasteiger partial charge is 0.468 e. The molecule has 1 saturated carbocycles. The number of ether oxygens (including phenoxy) is 1. The van der Waals surface area contributed by atoms with Crippen molar-refractivity contribution in [3.63, 3.8) is 0 Å². The van der Waals surface area contributed by atoms with Gasteiger partial charge in [-0.3, -0.25) is 0 Å². The van der Waals surface area contributed by atoms with Crippen molar-refractivity contribution in [3.8, 4) is 5.88 Å². The molecule has 0 radical (unpaired) electrons. The Morgan fingerprint density at radius 2 is 1.93 bits per heavy atom. The topological polar surface area (TPSA) is 54.5 Å². The molecule has 0 bridgehead atoms. The summed E-state index contributed by atoms with van der Waals surface area (Å²) in [5, 5.41) is 2.82. The molecule has 1 aliphatic carbocycles. The van der Waals surface area contributed by atoms with E-state index in [1.165, 1.54) is 12.3 Å². The lowest BCUT2D eigenvalue weighted by atomic mass is 10.2. The van der Waals surface area contributed by atoms with Crippen LogP contribution in [0.4, 0.5) is 18.0 Å². The Morgan fingerprint density at radius 3 is 2.59 bits per heavy atom. The van der Waals surface area contributed by atoms with Crippen molar-refractivity contribution in [2.75, 3.05) is 6.61 Å². The molecule has 2 aromatic rings. The van der Waals surface area contributed by atoms with Gasteiger partial charge in [-0.1, -0.05) is 30.3 Å². The van der Waals surface area contributed by atoms with E-state index in [0.29, 0.717) is 12.1 Å². The predicted molar refractivity (Wildman–Crippen MR) is 93.0 cm³/mol. The van der Waals surface area contributed by atoms with Gasteiger partial charge in [0.2, 0.25) is 5.88 Å². The van der Waals surface area contributed by atoms with E-state index in [1.54, 1.807) is 11.0 Å². The van der Waals surface area contributed by atoms with Crippen LogP contribution < -0.4 is 10.1 Å². The lowest BCUT2D eigenvalue weighted by molar-refractivity contribution is -0.154. The number of halogens is 3. The predicted octanol–water partition coefficient (Wildman–Crippen LogP) is 3.90. The summed E-state index contributed by atoms with van der Waals surface area (Å²) >= 11 is 0. The van der Waals surface area contributed by atoms with Gasteiger partial charge in [0, 0.05) is 31.4 Å². The summed E-state index contributed by atoms with van der Waals surface area (Å²) in [4.78, 5) is 18.1. The van der Waals surface area contributed by atoms with Gasteiger partial charge in [-0.15, -0.1) is 0 Å². The monoisotopic (exact) mass is 379 g/mol. The third-order valence-electron chi connectivity index (χ3n) is 4.07. The van der Waals surface area contributed by atoms with Crippen LogP contribution in [-0.2, 0) is 13.1 Å². The molecule has 5 nitrogen and oxygen atoms in total. The van der Waals surface area contributed by atoms with Crippen LogP contribution in [0.3, 0.4) is 0 Å². The Hall–Kier alpha value is -2.77. The molecule has 3 rings (SSSR count). The third-order valence-corrected chi connectivity index (χ3v) is 4.07. The number of nitrogens with one attached hydrogen (secondary N) is 1. The lowest BCUT2D eigenvalue weighted by Crippen LogP contribution is -2.40. The highest BCUT2D eigenvalue weighted by molar-refractivity contribution is 5.75. The summed E-state index contributed by atoms with van der Waals surface area (Å²) in [5.41, 5.74) is 1.66. The second kappa shape index (κ2) is 8.28. The molecule has 144 valence electrons. The average Bonchev–Trinajstić information content (AvgIpc) is 3.48.